The Morgan fingerprint density at radius 2 is 1.57 bits per heavy atom. The highest BCUT2D eigenvalue weighted by Crippen LogP contribution is 2.05. The molecular formula is C20H33N7O8. The average molecular weight is 500 g/mol. The second-order valence-corrected chi connectivity index (χ2v) is 7.81. The van der Waals surface area contributed by atoms with E-state index in [-0.39, 0.29) is 25.7 Å². The summed E-state index contributed by atoms with van der Waals surface area (Å²) in [7, 11) is 0. The summed E-state index contributed by atoms with van der Waals surface area (Å²) in [6.07, 6.45) is 3.25. The Balaban J connectivity index is 2.85. The number of carboxylic acids is 2. The van der Waals surface area contributed by atoms with E-state index in [1.165, 1.54) is 12.5 Å². The molecule has 4 unspecified atom stereocenters. The van der Waals surface area contributed by atoms with Crippen molar-refractivity contribution in [1.29, 1.82) is 0 Å². The molecule has 3 amide bonds. The van der Waals surface area contributed by atoms with Crippen molar-refractivity contribution in [2.75, 3.05) is 13.2 Å². The van der Waals surface area contributed by atoms with Gasteiger partial charge in [-0.3, -0.25) is 19.2 Å². The van der Waals surface area contributed by atoms with Crippen LogP contribution in [-0.4, -0.2) is 92.3 Å². The molecule has 0 radical (unpaired) electrons. The van der Waals surface area contributed by atoms with Gasteiger partial charge < -0.3 is 47.7 Å². The average Bonchev–Trinajstić information content (AvgIpc) is 3.32. The molecule has 0 bridgehead atoms. The van der Waals surface area contributed by atoms with E-state index >= 15 is 0 Å². The molecule has 0 saturated carbocycles. The van der Waals surface area contributed by atoms with Crippen LogP contribution >= 0.6 is 0 Å². The standard InChI is InChI=1S/C20H33N7O8/c21-6-2-1-3-13(18(32)26-14(20(34)35)7-11-8-23-10-24-11)25-19(33)15(9-28)27-17(31)12(22)4-5-16(29)30/h8,10,12-15,28H,1-7,9,21-22H2,(H,23,24)(H,25,33)(H,26,32)(H,27,31)(H,29,30)(H,34,35). The van der Waals surface area contributed by atoms with Crippen molar-refractivity contribution < 1.29 is 39.3 Å². The molecule has 0 fully saturated rings. The maximum atomic E-state index is 12.8. The summed E-state index contributed by atoms with van der Waals surface area (Å²) < 4.78 is 0. The molecule has 196 valence electrons. The van der Waals surface area contributed by atoms with Gasteiger partial charge in [0, 0.05) is 24.7 Å². The van der Waals surface area contributed by atoms with Crippen LogP contribution in [0.5, 0.6) is 0 Å². The number of unbranched alkanes of at least 4 members (excludes halogenated alkanes) is 1. The van der Waals surface area contributed by atoms with Crippen molar-refractivity contribution in [3.63, 3.8) is 0 Å². The second kappa shape index (κ2) is 15.4. The molecule has 1 aromatic heterocycles. The van der Waals surface area contributed by atoms with Gasteiger partial charge in [0.1, 0.15) is 18.1 Å². The SMILES string of the molecule is NCCCCC(NC(=O)C(CO)NC(=O)C(N)CCC(=O)O)C(=O)NC(Cc1cnc[nH]1)C(=O)O. The number of carbonyl (C=O) groups is 5. The van der Waals surface area contributed by atoms with E-state index in [4.69, 9.17) is 16.6 Å². The number of aromatic nitrogens is 2. The number of aliphatic hydroxyl groups is 1. The fraction of sp³-hybridized carbons (Fsp3) is 0.600. The Bertz CT molecular complexity index is 849. The number of nitrogens with zero attached hydrogens (tertiary/aromatic N) is 1. The number of hydrogen-bond donors (Lipinski definition) is 9. The van der Waals surface area contributed by atoms with Crippen molar-refractivity contribution in [2.45, 2.75) is 62.7 Å². The van der Waals surface area contributed by atoms with E-state index in [0.717, 1.165) is 0 Å². The van der Waals surface area contributed by atoms with Gasteiger partial charge in [-0.25, -0.2) is 9.78 Å². The Morgan fingerprint density at radius 1 is 0.943 bits per heavy atom. The van der Waals surface area contributed by atoms with Gasteiger partial charge in [-0.1, -0.05) is 0 Å². The number of nitrogens with two attached hydrogens (primary N) is 2. The largest absolute Gasteiger partial charge is 0.481 e. The van der Waals surface area contributed by atoms with Crippen LogP contribution in [0.25, 0.3) is 0 Å². The van der Waals surface area contributed by atoms with Gasteiger partial charge in [0.15, 0.2) is 0 Å². The third-order valence-electron chi connectivity index (χ3n) is 4.99. The molecular weight excluding hydrogens is 466 g/mol. The fourth-order valence-electron chi connectivity index (χ4n) is 3.01. The van der Waals surface area contributed by atoms with Crippen LogP contribution < -0.4 is 27.4 Å². The Hall–Kier alpha value is -3.56. The monoisotopic (exact) mass is 499 g/mol. The molecule has 11 N–H and O–H groups in total. The summed E-state index contributed by atoms with van der Waals surface area (Å²) in [6, 6.07) is -5.18. The number of rotatable bonds is 17. The highest BCUT2D eigenvalue weighted by Gasteiger charge is 2.30. The Kier molecular flexibility index (Phi) is 12.9. The molecule has 0 aliphatic heterocycles. The number of nitrogens with one attached hydrogen (secondary N) is 4. The quantitative estimate of drug-likeness (QED) is 0.0963. The number of H-pyrrole nitrogens is 1. The molecule has 0 saturated heterocycles. The molecule has 0 aliphatic carbocycles. The molecule has 1 rings (SSSR count). The molecule has 0 aromatic carbocycles. The van der Waals surface area contributed by atoms with Crippen LogP contribution in [0.1, 0.15) is 37.8 Å². The predicted octanol–water partition coefficient (Wildman–Crippen LogP) is -3.20. The van der Waals surface area contributed by atoms with Crippen LogP contribution in [0.15, 0.2) is 12.5 Å². The van der Waals surface area contributed by atoms with E-state index in [0.29, 0.717) is 25.1 Å². The predicted molar refractivity (Wildman–Crippen MR) is 121 cm³/mol. The first kappa shape index (κ1) is 29.5. The molecule has 1 aromatic rings. The third-order valence-corrected chi connectivity index (χ3v) is 4.99. The summed E-state index contributed by atoms with van der Waals surface area (Å²) in [5, 5.41) is 34.7. The molecule has 35 heavy (non-hydrogen) atoms. The molecule has 15 heteroatoms. The van der Waals surface area contributed by atoms with Crippen LogP contribution in [0.2, 0.25) is 0 Å². The maximum Gasteiger partial charge on any atom is 0.326 e. The van der Waals surface area contributed by atoms with E-state index in [1.54, 1.807) is 0 Å². The smallest absolute Gasteiger partial charge is 0.326 e. The number of carbonyl (C=O) groups excluding carboxylic acids is 3. The number of carboxylic acid groups (broad SMARTS) is 2. The number of amides is 3. The Labute approximate surface area is 201 Å². The topological polar surface area (TPSA) is 263 Å². The minimum atomic E-state index is -1.47. The van der Waals surface area contributed by atoms with Gasteiger partial charge in [0.05, 0.1) is 19.0 Å². The van der Waals surface area contributed by atoms with Gasteiger partial charge in [0.25, 0.3) is 0 Å². The minimum absolute atomic E-state index is 0.0753. The highest BCUT2D eigenvalue weighted by molar-refractivity contribution is 5.94. The molecule has 4 atom stereocenters. The van der Waals surface area contributed by atoms with Crippen molar-refractivity contribution in [3.8, 4) is 0 Å². The summed E-state index contributed by atoms with van der Waals surface area (Å²) in [6.45, 7) is -0.485. The molecule has 1 heterocycles. The van der Waals surface area contributed by atoms with Crippen LogP contribution in [0.4, 0.5) is 0 Å². The number of hydrogen-bond acceptors (Lipinski definition) is 9. The van der Waals surface area contributed by atoms with Gasteiger partial charge in [-0.2, -0.15) is 0 Å². The number of aromatic amines is 1. The first-order valence-electron chi connectivity index (χ1n) is 11.0. The number of imidazole rings is 1. The summed E-state index contributed by atoms with van der Waals surface area (Å²) in [5.74, 6) is -4.97. The zero-order valence-corrected chi connectivity index (χ0v) is 19.1. The lowest BCUT2D eigenvalue weighted by atomic mass is 10.1. The molecule has 0 aliphatic rings. The van der Waals surface area contributed by atoms with Crippen LogP contribution in [0, 0.1) is 0 Å². The normalized spacial score (nSPS) is 14.3. The maximum absolute atomic E-state index is 12.8. The second-order valence-electron chi connectivity index (χ2n) is 7.81. The lowest BCUT2D eigenvalue weighted by Gasteiger charge is -2.24. The summed E-state index contributed by atoms with van der Waals surface area (Å²) in [5.41, 5.74) is 11.6. The van der Waals surface area contributed by atoms with Crippen molar-refractivity contribution in [1.82, 2.24) is 25.9 Å². The number of aliphatic carboxylic acids is 2. The molecule has 15 nitrogen and oxygen atoms in total. The van der Waals surface area contributed by atoms with Crippen LogP contribution in [-0.2, 0) is 30.4 Å². The van der Waals surface area contributed by atoms with E-state index in [9.17, 15) is 34.2 Å². The summed E-state index contributed by atoms with van der Waals surface area (Å²) in [4.78, 5) is 66.4. The zero-order chi connectivity index (χ0) is 26.4. The Morgan fingerprint density at radius 3 is 2.11 bits per heavy atom. The van der Waals surface area contributed by atoms with Gasteiger partial charge >= 0.3 is 11.9 Å². The van der Waals surface area contributed by atoms with Crippen LogP contribution in [0.3, 0.4) is 0 Å². The lowest BCUT2D eigenvalue weighted by Crippen LogP contribution is -2.58. The minimum Gasteiger partial charge on any atom is -0.481 e. The van der Waals surface area contributed by atoms with E-state index < -0.39 is 60.4 Å². The first-order valence-corrected chi connectivity index (χ1v) is 11.0. The van der Waals surface area contributed by atoms with Crippen molar-refractivity contribution in [3.05, 3.63) is 18.2 Å². The van der Waals surface area contributed by atoms with Crippen molar-refractivity contribution >= 4 is 29.7 Å². The van der Waals surface area contributed by atoms with E-state index in [1.807, 2.05) is 0 Å². The number of aliphatic hydroxyl groups excluding tert-OH is 1. The van der Waals surface area contributed by atoms with Gasteiger partial charge in [-0.15, -0.1) is 0 Å². The first-order chi connectivity index (χ1) is 16.6. The fourth-order valence-corrected chi connectivity index (χ4v) is 3.01. The van der Waals surface area contributed by atoms with Gasteiger partial charge in [-0.05, 0) is 32.2 Å². The summed E-state index contributed by atoms with van der Waals surface area (Å²) >= 11 is 0. The zero-order valence-electron chi connectivity index (χ0n) is 19.1. The molecule has 0 spiro atoms. The highest BCUT2D eigenvalue weighted by atomic mass is 16.4. The third kappa shape index (κ3) is 10.9. The van der Waals surface area contributed by atoms with Crippen molar-refractivity contribution in [2.24, 2.45) is 11.5 Å². The lowest BCUT2D eigenvalue weighted by molar-refractivity contribution is -0.142. The van der Waals surface area contributed by atoms with E-state index in [2.05, 4.69) is 25.9 Å². The van der Waals surface area contributed by atoms with Gasteiger partial charge in [0.2, 0.25) is 17.7 Å².